The Balaban J connectivity index is 1.57. The first-order chi connectivity index (χ1) is 10.5. The van der Waals surface area contributed by atoms with Gasteiger partial charge < -0.3 is 10.3 Å². The van der Waals surface area contributed by atoms with Crippen molar-refractivity contribution in [2.45, 2.75) is 36.1 Å². The normalized spacial score (nSPS) is 17.1. The van der Waals surface area contributed by atoms with Gasteiger partial charge in [0.25, 0.3) is 0 Å². The van der Waals surface area contributed by atoms with Crippen molar-refractivity contribution in [1.82, 2.24) is 19.8 Å². The highest BCUT2D eigenvalue weighted by molar-refractivity contribution is 7.89. The van der Waals surface area contributed by atoms with E-state index in [9.17, 15) is 8.42 Å². The van der Waals surface area contributed by atoms with E-state index in [4.69, 9.17) is 10.3 Å². The highest BCUT2D eigenvalue weighted by Gasteiger charge is 2.38. The molecule has 3 rings (SSSR count). The largest absolute Gasteiger partial charge is 0.339 e. The van der Waals surface area contributed by atoms with Crippen molar-refractivity contribution < 1.29 is 12.9 Å². The van der Waals surface area contributed by atoms with Crippen LogP contribution in [0.1, 0.15) is 31.0 Å². The molecular formula is C13H17N5O3S. The van der Waals surface area contributed by atoms with Crippen LogP contribution in [0, 0.1) is 0 Å². The minimum atomic E-state index is -3.57. The lowest BCUT2D eigenvalue weighted by Gasteiger charge is -2.34. The standard InChI is InChI=1S/C13H17N5O3S/c14-13(5-2-6-13)12-17-11(21-18-12)4-8-16-22(19,20)10-3-1-7-15-9-10/h1,3,7,9,16H,2,4-6,8,14H2. The molecule has 1 aliphatic rings. The second kappa shape index (κ2) is 5.75. The van der Waals surface area contributed by atoms with E-state index in [1.54, 1.807) is 6.07 Å². The highest BCUT2D eigenvalue weighted by atomic mass is 32.2. The number of hydrogen-bond acceptors (Lipinski definition) is 7. The molecule has 2 aromatic rings. The van der Waals surface area contributed by atoms with Gasteiger partial charge in [-0.1, -0.05) is 5.16 Å². The number of nitrogens with one attached hydrogen (secondary N) is 1. The molecule has 9 heteroatoms. The maximum atomic E-state index is 12.0. The van der Waals surface area contributed by atoms with Crippen LogP contribution in [-0.4, -0.2) is 30.1 Å². The molecule has 0 saturated heterocycles. The summed E-state index contributed by atoms with van der Waals surface area (Å²) in [5, 5.41) is 3.88. The van der Waals surface area contributed by atoms with Crippen LogP contribution < -0.4 is 10.5 Å². The van der Waals surface area contributed by atoms with Gasteiger partial charge in [0, 0.05) is 25.4 Å². The predicted molar refractivity (Wildman–Crippen MR) is 77.1 cm³/mol. The molecule has 8 nitrogen and oxygen atoms in total. The van der Waals surface area contributed by atoms with Gasteiger partial charge in [-0.3, -0.25) is 4.98 Å². The van der Waals surface area contributed by atoms with Gasteiger partial charge in [-0.05, 0) is 31.4 Å². The third kappa shape index (κ3) is 3.01. The van der Waals surface area contributed by atoms with E-state index in [-0.39, 0.29) is 11.4 Å². The summed E-state index contributed by atoms with van der Waals surface area (Å²) < 4.78 is 31.6. The third-order valence-corrected chi connectivity index (χ3v) is 5.18. The van der Waals surface area contributed by atoms with Crippen molar-refractivity contribution in [3.05, 3.63) is 36.2 Å². The van der Waals surface area contributed by atoms with Gasteiger partial charge in [-0.2, -0.15) is 4.98 Å². The van der Waals surface area contributed by atoms with Crippen molar-refractivity contribution in [2.24, 2.45) is 5.73 Å². The van der Waals surface area contributed by atoms with Crippen molar-refractivity contribution >= 4 is 10.0 Å². The van der Waals surface area contributed by atoms with Crippen molar-refractivity contribution in [1.29, 1.82) is 0 Å². The molecule has 0 bridgehead atoms. The molecule has 1 fully saturated rings. The summed E-state index contributed by atoms with van der Waals surface area (Å²) in [5.74, 6) is 0.879. The van der Waals surface area contributed by atoms with E-state index in [2.05, 4.69) is 19.8 Å². The Morgan fingerprint density at radius 3 is 2.86 bits per heavy atom. The topological polar surface area (TPSA) is 124 Å². The average molecular weight is 323 g/mol. The molecule has 3 N–H and O–H groups in total. The van der Waals surface area contributed by atoms with E-state index in [0.717, 1.165) is 19.3 Å². The highest BCUT2D eigenvalue weighted by Crippen LogP contribution is 2.36. The minimum absolute atomic E-state index is 0.122. The predicted octanol–water partition coefficient (Wildman–Crippen LogP) is 0.323. The van der Waals surface area contributed by atoms with Crippen molar-refractivity contribution in [2.75, 3.05) is 6.54 Å². The summed E-state index contributed by atoms with van der Waals surface area (Å²) in [6, 6.07) is 3.05. The number of nitrogens with zero attached hydrogens (tertiary/aromatic N) is 3. The number of pyridine rings is 1. The first kappa shape index (κ1) is 15.1. The van der Waals surface area contributed by atoms with Crippen LogP contribution in [0.3, 0.4) is 0 Å². The molecule has 118 valence electrons. The van der Waals surface area contributed by atoms with Crippen LogP contribution in [0.5, 0.6) is 0 Å². The first-order valence-electron chi connectivity index (χ1n) is 7.01. The average Bonchev–Trinajstić information content (AvgIpc) is 2.95. The zero-order valence-corrected chi connectivity index (χ0v) is 12.7. The zero-order chi connectivity index (χ0) is 15.6. The number of nitrogens with two attached hydrogens (primary N) is 1. The van der Waals surface area contributed by atoms with Crippen LogP contribution in [0.2, 0.25) is 0 Å². The van der Waals surface area contributed by atoms with E-state index in [0.29, 0.717) is 18.1 Å². The Hall–Kier alpha value is -1.84. The minimum Gasteiger partial charge on any atom is -0.339 e. The molecule has 2 heterocycles. The lowest BCUT2D eigenvalue weighted by atomic mass is 9.77. The van der Waals surface area contributed by atoms with E-state index >= 15 is 0 Å². The second-order valence-corrected chi connectivity index (χ2v) is 7.12. The van der Waals surface area contributed by atoms with E-state index < -0.39 is 15.6 Å². The Bertz CT molecular complexity index is 740. The van der Waals surface area contributed by atoms with Gasteiger partial charge in [0.05, 0.1) is 5.54 Å². The quantitative estimate of drug-likeness (QED) is 0.784. The fourth-order valence-corrected chi connectivity index (χ4v) is 3.22. The van der Waals surface area contributed by atoms with Gasteiger partial charge in [0.2, 0.25) is 15.9 Å². The van der Waals surface area contributed by atoms with Crippen LogP contribution in [0.25, 0.3) is 0 Å². The third-order valence-electron chi connectivity index (χ3n) is 3.73. The lowest BCUT2D eigenvalue weighted by Crippen LogP contribution is -2.44. The molecule has 1 saturated carbocycles. The van der Waals surface area contributed by atoms with Crippen LogP contribution in [0.4, 0.5) is 0 Å². The number of sulfonamides is 1. The Kier molecular flexibility index (Phi) is 3.94. The SMILES string of the molecule is NC1(c2noc(CCNS(=O)(=O)c3cccnc3)n2)CCC1. The number of hydrogen-bond donors (Lipinski definition) is 2. The molecule has 0 aliphatic heterocycles. The molecule has 0 radical (unpaired) electrons. The van der Waals surface area contributed by atoms with Crippen LogP contribution in [-0.2, 0) is 22.0 Å². The zero-order valence-electron chi connectivity index (χ0n) is 11.9. The van der Waals surface area contributed by atoms with Crippen LogP contribution >= 0.6 is 0 Å². The van der Waals surface area contributed by atoms with Crippen molar-refractivity contribution in [3.63, 3.8) is 0 Å². The molecule has 0 amide bonds. The Morgan fingerprint density at radius 2 is 2.23 bits per heavy atom. The van der Waals surface area contributed by atoms with E-state index in [1.165, 1.54) is 18.5 Å². The molecule has 0 unspecified atom stereocenters. The van der Waals surface area contributed by atoms with Crippen LogP contribution in [0.15, 0.2) is 33.9 Å². The van der Waals surface area contributed by atoms with E-state index in [1.807, 2.05) is 0 Å². The molecule has 0 atom stereocenters. The monoisotopic (exact) mass is 323 g/mol. The number of rotatable bonds is 6. The molecule has 0 aromatic carbocycles. The maximum absolute atomic E-state index is 12.0. The van der Waals surface area contributed by atoms with Gasteiger partial charge in [0.1, 0.15) is 4.90 Å². The Labute approximate surface area is 128 Å². The van der Waals surface area contributed by atoms with Gasteiger partial charge in [-0.25, -0.2) is 13.1 Å². The molecule has 1 aliphatic carbocycles. The van der Waals surface area contributed by atoms with Gasteiger partial charge in [-0.15, -0.1) is 0 Å². The fourth-order valence-electron chi connectivity index (χ4n) is 2.22. The lowest BCUT2D eigenvalue weighted by molar-refractivity contribution is 0.229. The Morgan fingerprint density at radius 1 is 1.41 bits per heavy atom. The smallest absolute Gasteiger partial charge is 0.242 e. The summed E-state index contributed by atoms with van der Waals surface area (Å²) >= 11 is 0. The van der Waals surface area contributed by atoms with Crippen molar-refractivity contribution in [3.8, 4) is 0 Å². The summed E-state index contributed by atoms with van der Waals surface area (Å²) in [5.41, 5.74) is 5.63. The first-order valence-corrected chi connectivity index (χ1v) is 8.50. The van der Waals surface area contributed by atoms with Gasteiger partial charge >= 0.3 is 0 Å². The van der Waals surface area contributed by atoms with Gasteiger partial charge in [0.15, 0.2) is 5.82 Å². The molecule has 0 spiro atoms. The summed E-state index contributed by atoms with van der Waals surface area (Å²) in [6.07, 6.45) is 5.87. The summed E-state index contributed by atoms with van der Waals surface area (Å²) in [6.45, 7) is 0.163. The number of aromatic nitrogens is 3. The maximum Gasteiger partial charge on any atom is 0.242 e. The molecular weight excluding hydrogens is 306 g/mol. The second-order valence-electron chi connectivity index (χ2n) is 5.36. The fraction of sp³-hybridized carbons (Fsp3) is 0.462. The molecule has 22 heavy (non-hydrogen) atoms. The summed E-state index contributed by atoms with van der Waals surface area (Å²) in [7, 11) is -3.57. The summed E-state index contributed by atoms with van der Waals surface area (Å²) in [4.78, 5) is 8.16. The molecule has 2 aromatic heterocycles.